The molecule has 0 unspecified atom stereocenters. The van der Waals surface area contributed by atoms with E-state index < -0.39 is 11.9 Å². The number of ether oxygens (including phenoxy) is 1. The molecule has 0 rings (SSSR count). The van der Waals surface area contributed by atoms with Crippen molar-refractivity contribution in [1.29, 1.82) is 0 Å². The molecule has 4 heteroatoms. The Morgan fingerprint density at radius 2 is 2.20 bits per heavy atom. The zero-order chi connectivity index (χ0) is 7.98. The fourth-order valence-corrected chi connectivity index (χ4v) is 0.264. The highest BCUT2D eigenvalue weighted by Crippen LogP contribution is 1.81. The Labute approximate surface area is 57.8 Å². The molecule has 0 radical (unpaired) electrons. The normalized spacial score (nSPS) is 7.90. The maximum absolute atomic E-state index is 10.1. The minimum Gasteiger partial charge on any atom is -0.473 e. The van der Waals surface area contributed by atoms with Crippen LogP contribution in [0.3, 0.4) is 0 Å². The van der Waals surface area contributed by atoms with Gasteiger partial charge in [-0.15, -0.1) is 12.3 Å². The van der Waals surface area contributed by atoms with Crippen molar-refractivity contribution in [2.75, 3.05) is 6.61 Å². The topological polar surface area (TPSA) is 63.6 Å². The van der Waals surface area contributed by atoms with Gasteiger partial charge in [0, 0.05) is 6.42 Å². The van der Waals surface area contributed by atoms with Crippen LogP contribution in [0.5, 0.6) is 0 Å². The predicted molar refractivity (Wildman–Crippen MR) is 32.0 cm³/mol. The molecule has 0 aromatic carbocycles. The van der Waals surface area contributed by atoms with Crippen LogP contribution in [-0.2, 0) is 14.3 Å². The van der Waals surface area contributed by atoms with E-state index >= 15 is 0 Å². The van der Waals surface area contributed by atoms with E-state index in [-0.39, 0.29) is 13.0 Å². The summed E-state index contributed by atoms with van der Waals surface area (Å²) in [6.07, 6.45) is 5.04. The minimum atomic E-state index is -1.60. The second-order valence-electron chi connectivity index (χ2n) is 1.40. The van der Waals surface area contributed by atoms with E-state index in [0.717, 1.165) is 0 Å². The molecule has 0 saturated heterocycles. The van der Waals surface area contributed by atoms with Gasteiger partial charge < -0.3 is 9.84 Å². The summed E-state index contributed by atoms with van der Waals surface area (Å²) in [6, 6.07) is 0. The van der Waals surface area contributed by atoms with E-state index in [0.29, 0.717) is 0 Å². The third kappa shape index (κ3) is 3.50. The molecule has 1 N–H and O–H groups in total. The summed E-state index contributed by atoms with van der Waals surface area (Å²) in [5, 5.41) is 7.96. The Morgan fingerprint density at radius 1 is 1.60 bits per heavy atom. The monoisotopic (exact) mass is 142 g/mol. The molecule has 0 aromatic rings. The van der Waals surface area contributed by atoms with Crippen LogP contribution in [-0.4, -0.2) is 23.7 Å². The number of esters is 1. The van der Waals surface area contributed by atoms with Crippen molar-refractivity contribution >= 4 is 11.9 Å². The van der Waals surface area contributed by atoms with Crippen molar-refractivity contribution in [2.24, 2.45) is 0 Å². The average molecular weight is 142 g/mol. The number of terminal acetylenes is 1. The molecule has 10 heavy (non-hydrogen) atoms. The second kappa shape index (κ2) is 4.39. The summed E-state index contributed by atoms with van der Waals surface area (Å²) >= 11 is 0. The Balaban J connectivity index is 3.43. The van der Waals surface area contributed by atoms with E-state index in [2.05, 4.69) is 10.7 Å². The molecule has 0 aromatic heterocycles. The third-order valence-corrected chi connectivity index (χ3v) is 0.654. The summed E-state index contributed by atoms with van der Waals surface area (Å²) in [4.78, 5) is 19.9. The number of aliphatic carboxylic acids is 1. The van der Waals surface area contributed by atoms with Crippen LogP contribution in [0.2, 0.25) is 0 Å². The van der Waals surface area contributed by atoms with Gasteiger partial charge in [-0.3, -0.25) is 0 Å². The lowest BCUT2D eigenvalue weighted by Crippen LogP contribution is -2.16. The van der Waals surface area contributed by atoms with Gasteiger partial charge >= 0.3 is 11.9 Å². The van der Waals surface area contributed by atoms with Gasteiger partial charge in [-0.25, -0.2) is 9.59 Å². The van der Waals surface area contributed by atoms with Gasteiger partial charge in [0.25, 0.3) is 0 Å². The molecule has 0 heterocycles. The first-order chi connectivity index (χ1) is 4.68. The highest BCUT2D eigenvalue weighted by molar-refractivity contribution is 6.28. The van der Waals surface area contributed by atoms with Gasteiger partial charge in [0.1, 0.15) is 6.61 Å². The molecule has 0 aliphatic carbocycles. The van der Waals surface area contributed by atoms with Crippen LogP contribution in [0, 0.1) is 12.3 Å². The lowest BCUT2D eigenvalue weighted by molar-refractivity contribution is -0.163. The standard InChI is InChI=1S/C6H6O4/c1-2-3-4-10-6(9)5(7)8/h1H,3-4H2,(H,7,8). The molecule has 0 atom stereocenters. The fraction of sp³-hybridized carbons (Fsp3) is 0.333. The van der Waals surface area contributed by atoms with Gasteiger partial charge in [0.2, 0.25) is 0 Å². The van der Waals surface area contributed by atoms with E-state index in [4.69, 9.17) is 11.5 Å². The molecule has 0 saturated carbocycles. The zero-order valence-electron chi connectivity index (χ0n) is 5.16. The van der Waals surface area contributed by atoms with Crippen LogP contribution in [0.25, 0.3) is 0 Å². The Bertz CT molecular complexity index is 177. The molecule has 0 aliphatic rings. The van der Waals surface area contributed by atoms with Crippen molar-refractivity contribution in [3.05, 3.63) is 0 Å². The maximum atomic E-state index is 10.1. The number of carboxylic acid groups (broad SMARTS) is 1. The Hall–Kier alpha value is -1.50. The van der Waals surface area contributed by atoms with E-state index in [1.54, 1.807) is 0 Å². The summed E-state index contributed by atoms with van der Waals surface area (Å²) in [5.41, 5.74) is 0. The van der Waals surface area contributed by atoms with Crippen LogP contribution in [0.4, 0.5) is 0 Å². The number of hydrogen-bond acceptors (Lipinski definition) is 3. The molecular weight excluding hydrogens is 136 g/mol. The van der Waals surface area contributed by atoms with Crippen molar-refractivity contribution in [2.45, 2.75) is 6.42 Å². The largest absolute Gasteiger partial charge is 0.473 e. The highest BCUT2D eigenvalue weighted by atomic mass is 16.6. The molecule has 0 spiro atoms. The van der Waals surface area contributed by atoms with Crippen molar-refractivity contribution in [3.63, 3.8) is 0 Å². The number of carboxylic acids is 1. The molecule has 0 fully saturated rings. The molecule has 0 bridgehead atoms. The van der Waals surface area contributed by atoms with Gasteiger partial charge in [0.05, 0.1) is 0 Å². The Kier molecular flexibility index (Phi) is 3.73. The predicted octanol–water partition coefficient (Wildman–Crippen LogP) is -0.363. The van der Waals surface area contributed by atoms with Gasteiger partial charge in [-0.2, -0.15) is 0 Å². The maximum Gasteiger partial charge on any atom is 0.417 e. The lowest BCUT2D eigenvalue weighted by Gasteiger charge is -1.95. The molecule has 4 nitrogen and oxygen atoms in total. The number of carbonyl (C=O) groups is 2. The first-order valence-electron chi connectivity index (χ1n) is 2.52. The quantitative estimate of drug-likeness (QED) is 0.247. The van der Waals surface area contributed by atoms with Gasteiger partial charge in [0.15, 0.2) is 0 Å². The van der Waals surface area contributed by atoms with E-state index in [1.165, 1.54) is 0 Å². The van der Waals surface area contributed by atoms with Crippen LogP contribution < -0.4 is 0 Å². The van der Waals surface area contributed by atoms with Gasteiger partial charge in [-0.1, -0.05) is 0 Å². The summed E-state index contributed by atoms with van der Waals surface area (Å²) in [5.74, 6) is -0.676. The minimum absolute atomic E-state index is 0.0400. The van der Waals surface area contributed by atoms with E-state index in [1.807, 2.05) is 0 Å². The lowest BCUT2D eigenvalue weighted by atomic mass is 10.5. The van der Waals surface area contributed by atoms with E-state index in [9.17, 15) is 9.59 Å². The fourth-order valence-electron chi connectivity index (χ4n) is 0.264. The summed E-state index contributed by atoms with van der Waals surface area (Å²) in [7, 11) is 0. The SMILES string of the molecule is C#CCCOC(=O)C(=O)O. The molecule has 0 amide bonds. The van der Waals surface area contributed by atoms with Crippen LogP contribution in [0.1, 0.15) is 6.42 Å². The number of rotatable bonds is 2. The highest BCUT2D eigenvalue weighted by Gasteiger charge is 2.10. The number of hydrogen-bond donors (Lipinski definition) is 1. The van der Waals surface area contributed by atoms with Crippen LogP contribution >= 0.6 is 0 Å². The summed E-state index contributed by atoms with van der Waals surface area (Å²) < 4.78 is 4.16. The summed E-state index contributed by atoms with van der Waals surface area (Å²) in [6.45, 7) is -0.0400. The molecule has 54 valence electrons. The first-order valence-corrected chi connectivity index (χ1v) is 2.52. The first kappa shape index (κ1) is 8.50. The Morgan fingerprint density at radius 3 is 2.60 bits per heavy atom. The molecular formula is C6H6O4. The average Bonchev–Trinajstić information content (AvgIpc) is 1.88. The van der Waals surface area contributed by atoms with Crippen molar-refractivity contribution < 1.29 is 19.4 Å². The van der Waals surface area contributed by atoms with Crippen molar-refractivity contribution in [3.8, 4) is 12.3 Å². The third-order valence-electron chi connectivity index (χ3n) is 0.654. The van der Waals surface area contributed by atoms with Crippen LogP contribution in [0.15, 0.2) is 0 Å². The second-order valence-corrected chi connectivity index (χ2v) is 1.40. The van der Waals surface area contributed by atoms with Gasteiger partial charge in [-0.05, 0) is 0 Å². The number of carbonyl (C=O) groups excluding carboxylic acids is 1. The smallest absolute Gasteiger partial charge is 0.417 e. The molecule has 0 aliphatic heterocycles. The zero-order valence-corrected chi connectivity index (χ0v) is 5.16. The van der Waals surface area contributed by atoms with Crippen molar-refractivity contribution in [1.82, 2.24) is 0 Å².